The highest BCUT2D eigenvalue weighted by Gasteiger charge is 2.45. The largest absolute Gasteiger partial charge is 0.459 e. The molecule has 1 aliphatic rings. The van der Waals surface area contributed by atoms with Crippen molar-refractivity contribution in [3.8, 4) is 12.3 Å². The van der Waals surface area contributed by atoms with Crippen molar-refractivity contribution in [3.05, 3.63) is 16.7 Å². The third kappa shape index (κ3) is 4.67. The van der Waals surface area contributed by atoms with Gasteiger partial charge in [0, 0.05) is 26.0 Å². The number of nitrogens with zero attached hydrogens (tertiary/aromatic N) is 4. The topological polar surface area (TPSA) is 141 Å². The first-order valence-corrected chi connectivity index (χ1v) is 10.8. The van der Waals surface area contributed by atoms with Crippen LogP contribution in [0.4, 0.5) is 5.95 Å². The highest BCUT2D eigenvalue weighted by Crippen LogP contribution is 2.35. The van der Waals surface area contributed by atoms with Crippen LogP contribution in [0.3, 0.4) is 0 Å². The maximum absolute atomic E-state index is 13.2. The van der Waals surface area contributed by atoms with Crippen molar-refractivity contribution in [1.82, 2.24) is 19.1 Å². The van der Waals surface area contributed by atoms with Crippen LogP contribution in [-0.2, 0) is 30.3 Å². The Morgan fingerprint density at radius 3 is 2.81 bits per heavy atom. The standard InChI is InChI=1S/C19H23N5O6S/c1-5-6-23-12-8-21-18(20)22-16(12)24(19(23)27)17-14(28-10(2)25)7-13(30-17)15(9-31-4)29-11(3)26/h1,8,13-15,17H,6-7,9H2,2-4H3,(H2,20,21,22)/t13?,14?,15-,17?/m0/s1. The van der Waals surface area contributed by atoms with Gasteiger partial charge in [0.05, 0.1) is 12.7 Å². The minimum Gasteiger partial charge on any atom is -0.459 e. The fourth-order valence-electron chi connectivity index (χ4n) is 3.59. The average molecular weight is 449 g/mol. The van der Waals surface area contributed by atoms with Crippen LogP contribution in [0.25, 0.3) is 11.2 Å². The summed E-state index contributed by atoms with van der Waals surface area (Å²) in [7, 11) is 0. The molecule has 0 amide bonds. The molecule has 11 nitrogen and oxygen atoms in total. The van der Waals surface area contributed by atoms with Gasteiger partial charge in [0.25, 0.3) is 0 Å². The van der Waals surface area contributed by atoms with Crippen LogP contribution in [0.15, 0.2) is 11.0 Å². The van der Waals surface area contributed by atoms with Gasteiger partial charge >= 0.3 is 17.6 Å². The number of anilines is 1. The SMILES string of the molecule is C#CCn1c(=O)n(C2OC([C@H](CSC)OC(C)=O)CC2OC(C)=O)c2nc(N)ncc21. The predicted octanol–water partition coefficient (Wildman–Crippen LogP) is 0.322. The maximum Gasteiger partial charge on any atom is 0.333 e. The third-order valence-electron chi connectivity index (χ3n) is 4.71. The lowest BCUT2D eigenvalue weighted by Gasteiger charge is -2.22. The van der Waals surface area contributed by atoms with E-state index in [1.807, 2.05) is 6.26 Å². The number of terminal acetylenes is 1. The van der Waals surface area contributed by atoms with Crippen molar-refractivity contribution < 1.29 is 23.8 Å². The van der Waals surface area contributed by atoms with Gasteiger partial charge in [0.2, 0.25) is 5.95 Å². The first-order chi connectivity index (χ1) is 14.8. The average Bonchev–Trinajstić information content (AvgIpc) is 3.19. The van der Waals surface area contributed by atoms with Crippen molar-refractivity contribution >= 4 is 40.8 Å². The number of esters is 2. The summed E-state index contributed by atoms with van der Waals surface area (Å²) in [4.78, 5) is 44.6. The molecule has 2 aromatic heterocycles. The van der Waals surface area contributed by atoms with E-state index in [9.17, 15) is 14.4 Å². The van der Waals surface area contributed by atoms with E-state index in [0.29, 0.717) is 11.3 Å². The smallest absolute Gasteiger partial charge is 0.333 e. The Labute approximate surface area is 182 Å². The summed E-state index contributed by atoms with van der Waals surface area (Å²) in [6.07, 6.45) is 5.86. The number of nitrogen functional groups attached to an aromatic ring is 1. The van der Waals surface area contributed by atoms with Gasteiger partial charge in [-0.05, 0) is 6.26 Å². The second-order valence-corrected chi connectivity index (χ2v) is 7.84. The maximum atomic E-state index is 13.2. The van der Waals surface area contributed by atoms with Crippen LogP contribution >= 0.6 is 11.8 Å². The van der Waals surface area contributed by atoms with Crippen molar-refractivity contribution in [2.75, 3.05) is 17.7 Å². The lowest BCUT2D eigenvalue weighted by atomic mass is 10.1. The summed E-state index contributed by atoms with van der Waals surface area (Å²) in [5.41, 5.74) is 5.79. The van der Waals surface area contributed by atoms with Crippen LogP contribution in [-0.4, -0.2) is 61.4 Å². The molecule has 4 atom stereocenters. The van der Waals surface area contributed by atoms with Gasteiger partial charge in [0.15, 0.2) is 11.9 Å². The van der Waals surface area contributed by atoms with Gasteiger partial charge < -0.3 is 19.9 Å². The number of rotatable bonds is 7. The highest BCUT2D eigenvalue weighted by atomic mass is 32.2. The van der Waals surface area contributed by atoms with E-state index in [-0.39, 0.29) is 24.6 Å². The molecule has 0 saturated carbocycles. The molecule has 1 fully saturated rings. The minimum absolute atomic E-state index is 0.0213. The van der Waals surface area contributed by atoms with Crippen LogP contribution in [0, 0.1) is 12.3 Å². The number of imidazole rings is 1. The quantitative estimate of drug-likeness (QED) is 0.464. The van der Waals surface area contributed by atoms with Crippen LogP contribution in [0.5, 0.6) is 0 Å². The molecule has 0 radical (unpaired) electrons. The third-order valence-corrected chi connectivity index (χ3v) is 5.37. The van der Waals surface area contributed by atoms with Crippen molar-refractivity contribution in [3.63, 3.8) is 0 Å². The van der Waals surface area contributed by atoms with Gasteiger partial charge in [-0.2, -0.15) is 16.7 Å². The molecule has 166 valence electrons. The number of carbonyl (C=O) groups is 2. The molecular weight excluding hydrogens is 426 g/mol. The van der Waals surface area contributed by atoms with E-state index in [4.69, 9.17) is 26.4 Å². The molecular formula is C19H23N5O6S. The molecule has 3 rings (SSSR count). The van der Waals surface area contributed by atoms with Crippen molar-refractivity contribution in [2.24, 2.45) is 0 Å². The molecule has 1 saturated heterocycles. The molecule has 3 unspecified atom stereocenters. The molecule has 1 aliphatic heterocycles. The van der Waals surface area contributed by atoms with Crippen molar-refractivity contribution in [1.29, 1.82) is 0 Å². The Morgan fingerprint density at radius 1 is 1.45 bits per heavy atom. The zero-order valence-corrected chi connectivity index (χ0v) is 18.1. The Kier molecular flexibility index (Phi) is 6.87. The van der Waals surface area contributed by atoms with Crippen molar-refractivity contribution in [2.45, 2.75) is 51.4 Å². The van der Waals surface area contributed by atoms with Gasteiger partial charge in [-0.1, -0.05) is 5.92 Å². The molecule has 31 heavy (non-hydrogen) atoms. The molecule has 0 aliphatic carbocycles. The van der Waals surface area contributed by atoms with Gasteiger partial charge in [-0.15, -0.1) is 6.42 Å². The van der Waals surface area contributed by atoms with E-state index in [1.165, 1.54) is 40.9 Å². The number of ether oxygens (including phenoxy) is 3. The second-order valence-electron chi connectivity index (χ2n) is 6.93. The number of aromatic nitrogens is 4. The molecule has 0 bridgehead atoms. The van der Waals surface area contributed by atoms with Gasteiger partial charge in [-0.25, -0.2) is 14.3 Å². The number of thioether (sulfide) groups is 1. The van der Waals surface area contributed by atoms with E-state index >= 15 is 0 Å². The summed E-state index contributed by atoms with van der Waals surface area (Å²) >= 11 is 1.47. The number of hydrogen-bond donors (Lipinski definition) is 1. The molecule has 12 heteroatoms. The summed E-state index contributed by atoms with van der Waals surface area (Å²) in [5.74, 6) is 1.84. The lowest BCUT2D eigenvalue weighted by Crippen LogP contribution is -2.34. The second kappa shape index (κ2) is 9.40. The number of carbonyl (C=O) groups excluding carboxylic acids is 2. The van der Waals surface area contributed by atoms with Crippen LogP contribution < -0.4 is 11.4 Å². The fraction of sp³-hybridized carbons (Fsp3) is 0.526. The first-order valence-electron chi connectivity index (χ1n) is 9.42. The Bertz CT molecular complexity index is 1090. The summed E-state index contributed by atoms with van der Waals surface area (Å²) in [6.45, 7) is 2.55. The normalized spacial score (nSPS) is 21.5. The van der Waals surface area contributed by atoms with E-state index in [2.05, 4.69) is 15.9 Å². The Hall–Kier alpha value is -3.04. The van der Waals surface area contributed by atoms with E-state index in [0.717, 1.165) is 0 Å². The number of fused-ring (bicyclic) bond motifs is 1. The molecule has 2 N–H and O–H groups in total. The molecule has 0 aromatic carbocycles. The van der Waals surface area contributed by atoms with Gasteiger partial charge in [0.1, 0.15) is 23.8 Å². The molecule has 2 aromatic rings. The summed E-state index contributed by atoms with van der Waals surface area (Å²) in [6, 6.07) is 0. The fourth-order valence-corrected chi connectivity index (χ4v) is 4.20. The minimum atomic E-state index is -1.02. The van der Waals surface area contributed by atoms with Crippen LogP contribution in [0.2, 0.25) is 0 Å². The van der Waals surface area contributed by atoms with E-state index < -0.39 is 42.2 Å². The first kappa shape index (κ1) is 22.6. The van der Waals surface area contributed by atoms with Gasteiger partial charge in [-0.3, -0.25) is 14.2 Å². The molecule has 0 spiro atoms. The van der Waals surface area contributed by atoms with Crippen LogP contribution in [0.1, 0.15) is 26.5 Å². The number of nitrogens with two attached hydrogens (primary N) is 1. The van der Waals surface area contributed by atoms with E-state index in [1.54, 1.807) is 0 Å². The summed E-state index contributed by atoms with van der Waals surface area (Å²) < 4.78 is 19.5. The lowest BCUT2D eigenvalue weighted by molar-refractivity contribution is -0.156. The Morgan fingerprint density at radius 2 is 2.19 bits per heavy atom. The zero-order chi connectivity index (χ0) is 22.7. The summed E-state index contributed by atoms with van der Waals surface area (Å²) in [5, 5.41) is 0. The highest BCUT2D eigenvalue weighted by molar-refractivity contribution is 7.98. The Balaban J connectivity index is 2.09. The molecule has 3 heterocycles. The number of hydrogen-bond acceptors (Lipinski definition) is 10. The monoisotopic (exact) mass is 449 g/mol. The zero-order valence-electron chi connectivity index (χ0n) is 17.3. The predicted molar refractivity (Wildman–Crippen MR) is 113 cm³/mol.